The molecule has 2 fully saturated rings. The number of amides is 1. The molecule has 2 aromatic heterocycles. The maximum Gasteiger partial charge on any atom is 0.333 e. The van der Waals surface area contributed by atoms with E-state index in [0.29, 0.717) is 23.6 Å². The predicted molar refractivity (Wildman–Crippen MR) is 131 cm³/mol. The number of aromatic nitrogens is 4. The third-order valence-electron chi connectivity index (χ3n) is 7.60. The fourth-order valence-corrected chi connectivity index (χ4v) is 5.64. The molecular formula is C26H33N5O3. The van der Waals surface area contributed by atoms with Crippen molar-refractivity contribution in [1.29, 1.82) is 0 Å². The monoisotopic (exact) mass is 463 g/mol. The van der Waals surface area contributed by atoms with Gasteiger partial charge >= 0.3 is 5.69 Å². The van der Waals surface area contributed by atoms with E-state index in [1.54, 1.807) is 6.33 Å². The Hall–Kier alpha value is -3.16. The van der Waals surface area contributed by atoms with Crippen LogP contribution in [0.15, 0.2) is 46.2 Å². The standard InChI is InChI=1S/C26H33N5O3/c1-18-9-5-8-14-21(18)28-22(32)16-30-25(33)23-24(27-17-31(23)20-12-6-7-13-20)29(26(30)34)15-19-10-3-2-4-11-19/h2-4,10-11,17-18,20-21H,5-9,12-16H2,1H3,(H,28,32)/t18-,21+/m1/s1. The average molecular weight is 464 g/mol. The SMILES string of the molecule is C[C@@H]1CCCC[C@@H]1NC(=O)Cn1c(=O)c2c(ncn2C2CCCC2)n(Cc2ccccc2)c1=O. The van der Waals surface area contributed by atoms with Crippen LogP contribution in [0.5, 0.6) is 0 Å². The summed E-state index contributed by atoms with van der Waals surface area (Å²) in [6, 6.07) is 9.95. The van der Waals surface area contributed by atoms with E-state index in [-0.39, 0.29) is 24.5 Å². The molecule has 180 valence electrons. The number of fused-ring (bicyclic) bond motifs is 1. The number of imidazole rings is 1. The highest BCUT2D eigenvalue weighted by molar-refractivity contribution is 5.77. The van der Waals surface area contributed by atoms with E-state index in [1.807, 2.05) is 34.9 Å². The fraction of sp³-hybridized carbons (Fsp3) is 0.538. The van der Waals surface area contributed by atoms with Crippen LogP contribution in [0.3, 0.4) is 0 Å². The molecule has 8 nitrogen and oxygen atoms in total. The lowest BCUT2D eigenvalue weighted by atomic mass is 9.86. The first-order chi connectivity index (χ1) is 16.5. The van der Waals surface area contributed by atoms with Crippen molar-refractivity contribution in [3.05, 3.63) is 63.1 Å². The van der Waals surface area contributed by atoms with Crippen molar-refractivity contribution in [2.75, 3.05) is 0 Å². The number of benzene rings is 1. The molecule has 2 atom stereocenters. The lowest BCUT2D eigenvalue weighted by molar-refractivity contribution is -0.123. The number of carbonyl (C=O) groups excluding carboxylic acids is 1. The lowest BCUT2D eigenvalue weighted by Gasteiger charge is -2.29. The fourth-order valence-electron chi connectivity index (χ4n) is 5.64. The summed E-state index contributed by atoms with van der Waals surface area (Å²) in [6.45, 7) is 2.16. The van der Waals surface area contributed by atoms with Crippen LogP contribution in [0.4, 0.5) is 0 Å². The van der Waals surface area contributed by atoms with Crippen molar-refractivity contribution >= 4 is 17.1 Å². The molecule has 0 unspecified atom stereocenters. The molecule has 0 spiro atoms. The van der Waals surface area contributed by atoms with Crippen LogP contribution in [0.25, 0.3) is 11.2 Å². The minimum absolute atomic E-state index is 0.0937. The molecule has 1 N–H and O–H groups in total. The largest absolute Gasteiger partial charge is 0.352 e. The third kappa shape index (κ3) is 4.33. The molecule has 0 bridgehead atoms. The number of rotatable bonds is 6. The second kappa shape index (κ2) is 9.60. The van der Waals surface area contributed by atoms with Crippen molar-refractivity contribution in [1.82, 2.24) is 24.0 Å². The summed E-state index contributed by atoms with van der Waals surface area (Å²) in [6.07, 6.45) is 10.2. The highest BCUT2D eigenvalue weighted by Gasteiger charge is 2.26. The minimum Gasteiger partial charge on any atom is -0.352 e. The molecule has 5 rings (SSSR count). The molecule has 8 heteroatoms. The Kier molecular flexibility index (Phi) is 6.39. The van der Waals surface area contributed by atoms with Gasteiger partial charge in [-0.1, -0.05) is 62.9 Å². The number of hydrogen-bond donors (Lipinski definition) is 1. The van der Waals surface area contributed by atoms with E-state index in [2.05, 4.69) is 17.2 Å². The number of carbonyl (C=O) groups is 1. The first-order valence-electron chi connectivity index (χ1n) is 12.6. The van der Waals surface area contributed by atoms with Crippen LogP contribution in [-0.2, 0) is 17.9 Å². The molecule has 1 aromatic carbocycles. The molecule has 0 aliphatic heterocycles. The summed E-state index contributed by atoms with van der Waals surface area (Å²) in [7, 11) is 0. The maximum absolute atomic E-state index is 13.6. The Balaban J connectivity index is 1.56. The number of nitrogens with zero attached hydrogens (tertiary/aromatic N) is 4. The molecule has 2 heterocycles. The summed E-state index contributed by atoms with van der Waals surface area (Å²) in [5, 5.41) is 3.08. The van der Waals surface area contributed by atoms with Gasteiger partial charge in [0.2, 0.25) is 5.91 Å². The zero-order chi connectivity index (χ0) is 23.7. The van der Waals surface area contributed by atoms with Gasteiger partial charge in [-0.15, -0.1) is 0 Å². The van der Waals surface area contributed by atoms with Crippen LogP contribution in [-0.4, -0.2) is 30.6 Å². The van der Waals surface area contributed by atoms with E-state index in [0.717, 1.165) is 55.1 Å². The summed E-state index contributed by atoms with van der Waals surface area (Å²) >= 11 is 0. The molecular weight excluding hydrogens is 430 g/mol. The van der Waals surface area contributed by atoms with Crippen molar-refractivity contribution in [2.45, 2.75) is 83.5 Å². The number of hydrogen-bond acceptors (Lipinski definition) is 4. The normalized spacial score (nSPS) is 21.2. The minimum atomic E-state index is -0.495. The highest BCUT2D eigenvalue weighted by Crippen LogP contribution is 2.31. The topological polar surface area (TPSA) is 90.9 Å². The van der Waals surface area contributed by atoms with Crippen LogP contribution < -0.4 is 16.6 Å². The molecule has 2 aliphatic carbocycles. The van der Waals surface area contributed by atoms with Gasteiger partial charge in [0.15, 0.2) is 11.2 Å². The van der Waals surface area contributed by atoms with Crippen molar-refractivity contribution in [2.24, 2.45) is 5.92 Å². The van der Waals surface area contributed by atoms with Gasteiger partial charge in [-0.2, -0.15) is 0 Å². The Morgan fingerprint density at radius 3 is 2.44 bits per heavy atom. The van der Waals surface area contributed by atoms with Crippen molar-refractivity contribution < 1.29 is 4.79 Å². The van der Waals surface area contributed by atoms with E-state index >= 15 is 0 Å². The molecule has 3 aromatic rings. The maximum atomic E-state index is 13.6. The van der Waals surface area contributed by atoms with Crippen LogP contribution in [0.1, 0.15) is 69.9 Å². The van der Waals surface area contributed by atoms with E-state index in [1.165, 1.54) is 11.0 Å². The Labute approximate surface area is 198 Å². The summed E-state index contributed by atoms with van der Waals surface area (Å²) < 4.78 is 4.57. The Bertz CT molecular complexity index is 1280. The summed E-state index contributed by atoms with van der Waals surface area (Å²) in [5.74, 6) is 0.117. The lowest BCUT2D eigenvalue weighted by Crippen LogP contribution is -2.47. The van der Waals surface area contributed by atoms with Gasteiger partial charge in [0.05, 0.1) is 12.9 Å². The molecule has 0 radical (unpaired) electrons. The second-order valence-corrected chi connectivity index (χ2v) is 9.94. The van der Waals surface area contributed by atoms with Gasteiger partial charge in [0, 0.05) is 12.1 Å². The molecule has 2 aliphatic rings. The quantitative estimate of drug-likeness (QED) is 0.608. The van der Waals surface area contributed by atoms with Crippen molar-refractivity contribution in [3.63, 3.8) is 0 Å². The average Bonchev–Trinajstić information content (AvgIpc) is 3.52. The smallest absolute Gasteiger partial charge is 0.333 e. The first-order valence-corrected chi connectivity index (χ1v) is 12.6. The highest BCUT2D eigenvalue weighted by atomic mass is 16.2. The third-order valence-corrected chi connectivity index (χ3v) is 7.60. The van der Waals surface area contributed by atoms with E-state index in [4.69, 9.17) is 0 Å². The van der Waals surface area contributed by atoms with Gasteiger partial charge in [-0.25, -0.2) is 14.3 Å². The number of nitrogens with one attached hydrogen (secondary N) is 1. The Morgan fingerprint density at radius 1 is 1.00 bits per heavy atom. The van der Waals surface area contributed by atoms with E-state index in [9.17, 15) is 14.4 Å². The molecule has 2 saturated carbocycles. The first kappa shape index (κ1) is 22.6. The summed E-state index contributed by atoms with van der Waals surface area (Å²) in [5.41, 5.74) is 0.821. The second-order valence-electron chi connectivity index (χ2n) is 9.94. The van der Waals surface area contributed by atoms with Crippen LogP contribution in [0, 0.1) is 5.92 Å². The van der Waals surface area contributed by atoms with Gasteiger partial charge in [-0.3, -0.25) is 14.2 Å². The van der Waals surface area contributed by atoms with Gasteiger partial charge in [0.25, 0.3) is 5.56 Å². The van der Waals surface area contributed by atoms with Crippen LogP contribution >= 0.6 is 0 Å². The molecule has 34 heavy (non-hydrogen) atoms. The predicted octanol–water partition coefficient (Wildman–Crippen LogP) is 3.22. The Morgan fingerprint density at radius 2 is 1.71 bits per heavy atom. The molecule has 0 saturated heterocycles. The van der Waals surface area contributed by atoms with Crippen molar-refractivity contribution in [3.8, 4) is 0 Å². The molecule has 1 amide bonds. The van der Waals surface area contributed by atoms with E-state index < -0.39 is 11.2 Å². The van der Waals surface area contributed by atoms with Crippen LogP contribution in [0.2, 0.25) is 0 Å². The van der Waals surface area contributed by atoms with Gasteiger partial charge in [0.1, 0.15) is 6.54 Å². The van der Waals surface area contributed by atoms with Gasteiger partial charge in [-0.05, 0) is 37.2 Å². The van der Waals surface area contributed by atoms with Gasteiger partial charge < -0.3 is 9.88 Å². The zero-order valence-corrected chi connectivity index (χ0v) is 19.8. The summed E-state index contributed by atoms with van der Waals surface area (Å²) in [4.78, 5) is 44.6. The zero-order valence-electron chi connectivity index (χ0n) is 19.8.